The lowest BCUT2D eigenvalue weighted by molar-refractivity contribution is -0.118. The molecule has 164 valence electrons. The van der Waals surface area contributed by atoms with Gasteiger partial charge in [0.1, 0.15) is 5.75 Å². The lowest BCUT2D eigenvalue weighted by atomic mass is 9.97. The van der Waals surface area contributed by atoms with Crippen molar-refractivity contribution in [3.05, 3.63) is 88.5 Å². The summed E-state index contributed by atoms with van der Waals surface area (Å²) in [6.45, 7) is 9.32. The van der Waals surface area contributed by atoms with Gasteiger partial charge in [0.05, 0.1) is 29.8 Å². The Kier molecular flexibility index (Phi) is 6.56. The molecule has 0 radical (unpaired) electrons. The summed E-state index contributed by atoms with van der Waals surface area (Å²) in [7, 11) is 0. The van der Waals surface area contributed by atoms with Crippen LogP contribution >= 0.6 is 11.3 Å². The highest BCUT2D eigenvalue weighted by Crippen LogP contribution is 2.33. The van der Waals surface area contributed by atoms with Crippen LogP contribution < -0.4 is 9.64 Å². The third-order valence-corrected chi connectivity index (χ3v) is 6.58. The van der Waals surface area contributed by atoms with Crippen LogP contribution in [0.1, 0.15) is 34.7 Å². The van der Waals surface area contributed by atoms with Gasteiger partial charge in [-0.25, -0.2) is 4.98 Å². The molecule has 4 rings (SSSR count). The highest BCUT2D eigenvalue weighted by molar-refractivity contribution is 7.22. The van der Waals surface area contributed by atoms with Gasteiger partial charge in [0.15, 0.2) is 5.13 Å². The molecule has 0 bridgehead atoms. The predicted molar refractivity (Wildman–Crippen MR) is 133 cm³/mol. The Hall–Kier alpha value is -3.18. The number of benzene rings is 3. The van der Waals surface area contributed by atoms with Crippen LogP contribution in [0.25, 0.3) is 10.2 Å². The van der Waals surface area contributed by atoms with Crippen molar-refractivity contribution in [1.29, 1.82) is 0 Å². The molecular formula is C27H28N2O2S. The Bertz CT molecular complexity index is 1220. The zero-order chi connectivity index (χ0) is 22.7. The summed E-state index contributed by atoms with van der Waals surface area (Å²) < 4.78 is 6.65. The summed E-state index contributed by atoms with van der Waals surface area (Å²) in [6, 6.07) is 20.2. The Balaban J connectivity index is 1.70. The number of fused-ring (bicyclic) bond motifs is 1. The summed E-state index contributed by atoms with van der Waals surface area (Å²) in [4.78, 5) is 20.2. The quantitative estimate of drug-likeness (QED) is 0.331. The lowest BCUT2D eigenvalue weighted by Gasteiger charge is -2.21. The van der Waals surface area contributed by atoms with Gasteiger partial charge in [-0.15, -0.1) is 0 Å². The fraction of sp³-hybridized carbons (Fsp3) is 0.259. The van der Waals surface area contributed by atoms with Crippen molar-refractivity contribution in [2.45, 2.75) is 40.7 Å². The predicted octanol–water partition coefficient (Wildman–Crippen LogP) is 6.40. The van der Waals surface area contributed by atoms with Crippen molar-refractivity contribution < 1.29 is 9.53 Å². The molecule has 0 atom stereocenters. The topological polar surface area (TPSA) is 42.4 Å². The third kappa shape index (κ3) is 4.83. The van der Waals surface area contributed by atoms with E-state index in [-0.39, 0.29) is 5.91 Å². The van der Waals surface area contributed by atoms with Crippen molar-refractivity contribution in [2.75, 3.05) is 11.5 Å². The summed E-state index contributed by atoms with van der Waals surface area (Å²) in [5, 5.41) is 0.713. The van der Waals surface area contributed by atoms with Crippen molar-refractivity contribution in [1.82, 2.24) is 4.98 Å². The maximum Gasteiger partial charge on any atom is 0.233 e. The van der Waals surface area contributed by atoms with Gasteiger partial charge in [0.2, 0.25) is 5.91 Å². The van der Waals surface area contributed by atoms with Crippen molar-refractivity contribution in [2.24, 2.45) is 0 Å². The van der Waals surface area contributed by atoms with Gasteiger partial charge in [0.25, 0.3) is 0 Å². The van der Waals surface area contributed by atoms with Gasteiger partial charge in [-0.3, -0.25) is 9.69 Å². The molecule has 0 aliphatic carbocycles. The lowest BCUT2D eigenvalue weighted by Crippen LogP contribution is -2.32. The van der Waals surface area contributed by atoms with Crippen molar-refractivity contribution in [3.63, 3.8) is 0 Å². The SMILES string of the molecule is CCOc1ccc2nc(N(Cc3ccccc3)C(=O)Cc3c(C)cc(C)cc3C)sc2c1. The number of rotatable bonds is 7. The number of carbonyl (C=O) groups is 1. The maximum atomic E-state index is 13.6. The van der Waals surface area contributed by atoms with E-state index in [9.17, 15) is 4.79 Å². The minimum Gasteiger partial charge on any atom is -0.494 e. The van der Waals surface area contributed by atoms with Crippen molar-refractivity contribution >= 4 is 32.6 Å². The van der Waals surface area contributed by atoms with Gasteiger partial charge < -0.3 is 4.74 Å². The number of aryl methyl sites for hydroxylation is 3. The number of aromatic nitrogens is 1. The highest BCUT2D eigenvalue weighted by Gasteiger charge is 2.22. The second-order valence-corrected chi connectivity index (χ2v) is 9.09. The molecule has 0 unspecified atom stereocenters. The van der Waals surface area contributed by atoms with Crippen LogP contribution in [0.15, 0.2) is 60.7 Å². The maximum absolute atomic E-state index is 13.6. The van der Waals surface area contributed by atoms with E-state index in [0.29, 0.717) is 24.7 Å². The molecule has 0 saturated carbocycles. The van der Waals surface area contributed by atoms with E-state index < -0.39 is 0 Å². The van der Waals surface area contributed by atoms with Crippen LogP contribution in [0.4, 0.5) is 5.13 Å². The summed E-state index contributed by atoms with van der Waals surface area (Å²) in [5.41, 5.74) is 6.57. The van der Waals surface area contributed by atoms with E-state index in [4.69, 9.17) is 9.72 Å². The van der Waals surface area contributed by atoms with Gasteiger partial charge >= 0.3 is 0 Å². The largest absolute Gasteiger partial charge is 0.494 e. The molecule has 4 nitrogen and oxygen atoms in total. The number of ether oxygens (including phenoxy) is 1. The summed E-state index contributed by atoms with van der Waals surface area (Å²) >= 11 is 1.53. The molecule has 1 heterocycles. The minimum absolute atomic E-state index is 0.0491. The molecule has 0 fully saturated rings. The van der Waals surface area contributed by atoms with Crippen LogP contribution in [-0.2, 0) is 17.8 Å². The standard InChI is InChI=1S/C27H28N2O2S/c1-5-31-22-11-12-24-25(15-22)32-27(28-24)29(17-21-9-7-6-8-10-21)26(30)16-23-19(3)13-18(2)14-20(23)4/h6-15H,5,16-17H2,1-4H3. The monoisotopic (exact) mass is 444 g/mol. The molecule has 1 amide bonds. The minimum atomic E-state index is 0.0491. The van der Waals surface area contributed by atoms with Gasteiger partial charge in [-0.1, -0.05) is 59.4 Å². The molecule has 0 N–H and O–H groups in total. The number of anilines is 1. The van der Waals surface area contributed by atoms with Crippen LogP contribution in [-0.4, -0.2) is 17.5 Å². The van der Waals surface area contributed by atoms with E-state index in [2.05, 4.69) is 32.9 Å². The number of hydrogen-bond acceptors (Lipinski definition) is 4. The van der Waals surface area contributed by atoms with Gasteiger partial charge in [-0.2, -0.15) is 0 Å². The third-order valence-electron chi connectivity index (χ3n) is 5.54. The fourth-order valence-electron chi connectivity index (χ4n) is 4.03. The second-order valence-electron chi connectivity index (χ2n) is 8.08. The van der Waals surface area contributed by atoms with Gasteiger partial charge in [0, 0.05) is 0 Å². The molecule has 0 aliphatic heterocycles. The highest BCUT2D eigenvalue weighted by atomic mass is 32.1. The van der Waals surface area contributed by atoms with E-state index in [1.54, 1.807) is 0 Å². The molecule has 5 heteroatoms. The first kappa shape index (κ1) is 22.0. The Morgan fingerprint density at radius 2 is 1.72 bits per heavy atom. The van der Waals surface area contributed by atoms with Crippen LogP contribution in [0.3, 0.4) is 0 Å². The first-order valence-corrected chi connectivity index (χ1v) is 11.7. The van der Waals surface area contributed by atoms with Crippen LogP contribution in [0.2, 0.25) is 0 Å². The molecule has 32 heavy (non-hydrogen) atoms. The van der Waals surface area contributed by atoms with Crippen LogP contribution in [0.5, 0.6) is 5.75 Å². The normalized spacial score (nSPS) is 11.0. The summed E-state index contributed by atoms with van der Waals surface area (Å²) in [5.74, 6) is 0.870. The zero-order valence-electron chi connectivity index (χ0n) is 19.0. The Morgan fingerprint density at radius 1 is 1.00 bits per heavy atom. The first-order chi connectivity index (χ1) is 15.4. The van der Waals surface area contributed by atoms with E-state index in [1.165, 1.54) is 16.9 Å². The van der Waals surface area contributed by atoms with Gasteiger partial charge in [-0.05, 0) is 68.1 Å². The first-order valence-electron chi connectivity index (χ1n) is 10.9. The fourth-order valence-corrected chi connectivity index (χ4v) is 5.04. The molecular weight excluding hydrogens is 416 g/mol. The number of hydrogen-bond donors (Lipinski definition) is 0. The Labute approximate surface area is 193 Å². The Morgan fingerprint density at radius 3 is 2.41 bits per heavy atom. The number of amides is 1. The summed E-state index contributed by atoms with van der Waals surface area (Å²) in [6.07, 6.45) is 0.352. The number of carbonyl (C=O) groups excluding carboxylic acids is 1. The molecule has 0 spiro atoms. The average Bonchev–Trinajstić information content (AvgIpc) is 3.18. The van der Waals surface area contributed by atoms with E-state index >= 15 is 0 Å². The smallest absolute Gasteiger partial charge is 0.233 e. The van der Waals surface area contributed by atoms with E-state index in [0.717, 1.165) is 38.2 Å². The second kappa shape index (κ2) is 9.53. The average molecular weight is 445 g/mol. The number of nitrogens with zero attached hydrogens (tertiary/aromatic N) is 2. The van der Waals surface area contributed by atoms with Crippen LogP contribution in [0, 0.1) is 20.8 Å². The van der Waals surface area contributed by atoms with Crippen molar-refractivity contribution in [3.8, 4) is 5.75 Å². The molecule has 0 aliphatic rings. The number of thiazole rings is 1. The van der Waals surface area contributed by atoms with E-state index in [1.807, 2.05) is 60.4 Å². The molecule has 3 aromatic carbocycles. The zero-order valence-corrected chi connectivity index (χ0v) is 19.8. The molecule has 4 aromatic rings. The molecule has 0 saturated heterocycles. The molecule has 1 aromatic heterocycles.